The van der Waals surface area contributed by atoms with E-state index in [4.69, 9.17) is 0 Å². The first kappa shape index (κ1) is 13.1. The van der Waals surface area contributed by atoms with Gasteiger partial charge in [0.15, 0.2) is 0 Å². The first-order valence-electron chi connectivity index (χ1n) is 7.44. The van der Waals surface area contributed by atoms with E-state index in [1.807, 2.05) is 0 Å². The average molecular weight is 260 g/mol. The quantitative estimate of drug-likeness (QED) is 0.848. The Bertz CT molecular complexity index is 400. The second-order valence-corrected chi connectivity index (χ2v) is 6.14. The second-order valence-electron chi connectivity index (χ2n) is 6.14. The number of likely N-dealkylation sites (tertiary alicyclic amines) is 1. The van der Waals surface area contributed by atoms with Gasteiger partial charge in [-0.3, -0.25) is 4.90 Å². The molecule has 2 heterocycles. The van der Waals surface area contributed by atoms with Crippen LogP contribution in [0.5, 0.6) is 0 Å². The van der Waals surface area contributed by atoms with Gasteiger partial charge in [-0.25, -0.2) is 0 Å². The monoisotopic (exact) mass is 260 g/mol. The summed E-state index contributed by atoms with van der Waals surface area (Å²) in [5.74, 6) is 0. The van der Waals surface area contributed by atoms with Crippen LogP contribution in [0.4, 0.5) is 0 Å². The van der Waals surface area contributed by atoms with Gasteiger partial charge in [0.25, 0.3) is 0 Å². The Morgan fingerprint density at radius 2 is 2.16 bits per heavy atom. The Kier molecular flexibility index (Phi) is 3.87. The fraction of sp³-hybridized carbons (Fsp3) is 0.625. The van der Waals surface area contributed by atoms with Crippen LogP contribution in [0, 0.1) is 5.41 Å². The third kappa shape index (κ3) is 2.83. The minimum absolute atomic E-state index is 0.0886. The van der Waals surface area contributed by atoms with Gasteiger partial charge >= 0.3 is 0 Å². The lowest BCUT2D eigenvalue weighted by Gasteiger charge is -2.48. The molecule has 2 atom stereocenters. The number of hydrogen-bond acceptors (Lipinski definition) is 3. The molecule has 2 unspecified atom stereocenters. The topological polar surface area (TPSA) is 35.5 Å². The maximum Gasteiger partial charge on any atom is 0.0633 e. The summed E-state index contributed by atoms with van der Waals surface area (Å²) < 4.78 is 0. The van der Waals surface area contributed by atoms with Crippen molar-refractivity contribution in [1.29, 1.82) is 0 Å². The molecule has 2 fully saturated rings. The van der Waals surface area contributed by atoms with Crippen LogP contribution < -0.4 is 5.32 Å². The minimum atomic E-state index is -0.132. The molecule has 0 bridgehead atoms. The second kappa shape index (κ2) is 5.61. The number of piperidine rings is 2. The van der Waals surface area contributed by atoms with Gasteiger partial charge in [-0.05, 0) is 31.4 Å². The van der Waals surface area contributed by atoms with Crippen LogP contribution in [0.15, 0.2) is 30.3 Å². The van der Waals surface area contributed by atoms with Crippen molar-refractivity contribution in [2.24, 2.45) is 5.41 Å². The van der Waals surface area contributed by atoms with E-state index < -0.39 is 0 Å². The first-order chi connectivity index (χ1) is 9.28. The maximum atomic E-state index is 10.4. The van der Waals surface area contributed by atoms with Crippen LogP contribution in [0.25, 0.3) is 0 Å². The number of nitrogens with zero attached hydrogens (tertiary/aromatic N) is 1. The number of aliphatic hydroxyl groups excluding tert-OH is 1. The van der Waals surface area contributed by atoms with E-state index in [-0.39, 0.29) is 11.5 Å². The van der Waals surface area contributed by atoms with E-state index in [0.717, 1.165) is 45.6 Å². The Labute approximate surface area is 115 Å². The summed E-state index contributed by atoms with van der Waals surface area (Å²) in [7, 11) is 0. The molecule has 0 amide bonds. The SMILES string of the molecule is OC1CCN(Cc2ccccc2)CC12CCCNC2. The van der Waals surface area contributed by atoms with Gasteiger partial charge < -0.3 is 10.4 Å². The highest BCUT2D eigenvalue weighted by Gasteiger charge is 2.43. The van der Waals surface area contributed by atoms with E-state index in [1.54, 1.807) is 0 Å². The van der Waals surface area contributed by atoms with Crippen LogP contribution in [-0.2, 0) is 6.54 Å². The van der Waals surface area contributed by atoms with Gasteiger partial charge in [-0.2, -0.15) is 0 Å². The molecule has 3 nitrogen and oxygen atoms in total. The van der Waals surface area contributed by atoms with Crippen molar-refractivity contribution in [3.05, 3.63) is 35.9 Å². The average Bonchev–Trinajstić information content (AvgIpc) is 2.45. The summed E-state index contributed by atoms with van der Waals surface area (Å²) >= 11 is 0. The fourth-order valence-corrected chi connectivity index (χ4v) is 3.63. The van der Waals surface area contributed by atoms with Gasteiger partial charge in [0.05, 0.1) is 6.10 Å². The van der Waals surface area contributed by atoms with Crippen molar-refractivity contribution in [3.8, 4) is 0 Å². The smallest absolute Gasteiger partial charge is 0.0633 e. The van der Waals surface area contributed by atoms with E-state index in [1.165, 1.54) is 12.0 Å². The van der Waals surface area contributed by atoms with E-state index >= 15 is 0 Å². The largest absolute Gasteiger partial charge is 0.392 e. The molecule has 1 aromatic rings. The van der Waals surface area contributed by atoms with Crippen molar-refractivity contribution in [2.75, 3.05) is 26.2 Å². The minimum Gasteiger partial charge on any atom is -0.392 e. The standard InChI is InChI=1S/C16H24N2O/c19-15-7-10-18(11-14-5-2-1-3-6-14)13-16(15)8-4-9-17-12-16/h1-3,5-6,15,17,19H,4,7-13H2. The zero-order valence-electron chi connectivity index (χ0n) is 11.5. The molecule has 2 aliphatic rings. The van der Waals surface area contributed by atoms with E-state index in [9.17, 15) is 5.11 Å². The number of rotatable bonds is 2. The van der Waals surface area contributed by atoms with Gasteiger partial charge in [0, 0.05) is 31.6 Å². The molecule has 0 aliphatic carbocycles. The molecule has 104 valence electrons. The van der Waals surface area contributed by atoms with Crippen molar-refractivity contribution in [1.82, 2.24) is 10.2 Å². The lowest BCUT2D eigenvalue weighted by Crippen LogP contribution is -2.57. The molecule has 3 rings (SSSR count). The van der Waals surface area contributed by atoms with Crippen LogP contribution in [0.1, 0.15) is 24.8 Å². The molecule has 0 radical (unpaired) electrons. The van der Waals surface area contributed by atoms with Crippen LogP contribution in [0.2, 0.25) is 0 Å². The Balaban J connectivity index is 1.68. The molecule has 2 saturated heterocycles. The summed E-state index contributed by atoms with van der Waals surface area (Å²) in [4.78, 5) is 2.51. The molecule has 0 saturated carbocycles. The van der Waals surface area contributed by atoms with Gasteiger partial charge in [-0.15, -0.1) is 0 Å². The van der Waals surface area contributed by atoms with Crippen LogP contribution in [-0.4, -0.2) is 42.3 Å². The third-order valence-electron chi connectivity index (χ3n) is 4.72. The fourth-order valence-electron chi connectivity index (χ4n) is 3.63. The number of hydrogen-bond donors (Lipinski definition) is 2. The molecule has 2 N–H and O–H groups in total. The van der Waals surface area contributed by atoms with Crippen LogP contribution in [0.3, 0.4) is 0 Å². The third-order valence-corrected chi connectivity index (χ3v) is 4.72. The number of nitrogens with one attached hydrogen (secondary N) is 1. The summed E-state index contributed by atoms with van der Waals surface area (Å²) in [5, 5.41) is 13.9. The zero-order chi connectivity index (χ0) is 13.1. The lowest BCUT2D eigenvalue weighted by molar-refractivity contribution is -0.0609. The summed E-state index contributed by atoms with van der Waals surface area (Å²) in [6.07, 6.45) is 3.13. The highest BCUT2D eigenvalue weighted by molar-refractivity contribution is 5.15. The highest BCUT2D eigenvalue weighted by atomic mass is 16.3. The Morgan fingerprint density at radius 3 is 2.89 bits per heavy atom. The van der Waals surface area contributed by atoms with Gasteiger partial charge in [0.2, 0.25) is 0 Å². The predicted octanol–water partition coefficient (Wildman–Crippen LogP) is 1.62. The molecule has 0 aromatic heterocycles. The number of benzene rings is 1. The molecular weight excluding hydrogens is 236 g/mol. The predicted molar refractivity (Wildman–Crippen MR) is 76.9 cm³/mol. The van der Waals surface area contributed by atoms with E-state index in [0.29, 0.717) is 0 Å². The zero-order valence-corrected chi connectivity index (χ0v) is 11.5. The van der Waals surface area contributed by atoms with Crippen molar-refractivity contribution < 1.29 is 5.11 Å². The Morgan fingerprint density at radius 1 is 1.32 bits per heavy atom. The molecule has 1 spiro atoms. The van der Waals surface area contributed by atoms with Gasteiger partial charge in [-0.1, -0.05) is 30.3 Å². The summed E-state index contributed by atoms with van der Waals surface area (Å²) in [6.45, 7) is 5.12. The molecule has 2 aliphatic heterocycles. The Hall–Kier alpha value is -0.900. The normalized spacial score (nSPS) is 32.6. The molecule has 19 heavy (non-hydrogen) atoms. The highest BCUT2D eigenvalue weighted by Crippen LogP contribution is 2.36. The number of aliphatic hydroxyl groups is 1. The van der Waals surface area contributed by atoms with Crippen molar-refractivity contribution in [3.63, 3.8) is 0 Å². The lowest BCUT2D eigenvalue weighted by atomic mass is 9.72. The molecule has 1 aromatic carbocycles. The summed E-state index contributed by atoms with van der Waals surface area (Å²) in [6, 6.07) is 10.7. The van der Waals surface area contributed by atoms with Crippen LogP contribution >= 0.6 is 0 Å². The van der Waals surface area contributed by atoms with Crippen molar-refractivity contribution in [2.45, 2.75) is 31.9 Å². The molecule has 3 heteroatoms. The summed E-state index contributed by atoms with van der Waals surface area (Å²) in [5.41, 5.74) is 1.46. The maximum absolute atomic E-state index is 10.4. The first-order valence-corrected chi connectivity index (χ1v) is 7.44. The van der Waals surface area contributed by atoms with Gasteiger partial charge in [0.1, 0.15) is 0 Å². The van der Waals surface area contributed by atoms with E-state index in [2.05, 4.69) is 40.5 Å². The van der Waals surface area contributed by atoms with Crippen molar-refractivity contribution >= 4 is 0 Å². The molecular formula is C16H24N2O.